The van der Waals surface area contributed by atoms with E-state index in [1.165, 1.54) is 26.4 Å². The number of rotatable bonds is 4. The zero-order valence-corrected chi connectivity index (χ0v) is 16.9. The molecule has 4 rings (SSSR count). The molecule has 0 unspecified atom stereocenters. The van der Waals surface area contributed by atoms with E-state index < -0.39 is 17.7 Å². The lowest BCUT2D eigenvalue weighted by atomic mass is 9.82. The molecular formula is C22H17F3N4O3. The summed E-state index contributed by atoms with van der Waals surface area (Å²) in [6.07, 6.45) is -4.48. The van der Waals surface area contributed by atoms with Gasteiger partial charge in [0.1, 0.15) is 11.6 Å². The van der Waals surface area contributed by atoms with E-state index >= 15 is 0 Å². The lowest BCUT2D eigenvalue weighted by Crippen LogP contribution is -2.21. The number of methoxy groups -OCH3 is 2. The third-order valence-electron chi connectivity index (χ3n) is 5.18. The zero-order valence-electron chi connectivity index (χ0n) is 16.9. The maximum absolute atomic E-state index is 13.0. The van der Waals surface area contributed by atoms with Gasteiger partial charge in [0, 0.05) is 5.56 Å². The van der Waals surface area contributed by atoms with Crippen molar-refractivity contribution < 1.29 is 27.4 Å². The Morgan fingerprint density at radius 2 is 1.78 bits per heavy atom. The van der Waals surface area contributed by atoms with Crippen LogP contribution in [0.15, 0.2) is 53.9 Å². The van der Waals surface area contributed by atoms with Gasteiger partial charge in [-0.25, -0.2) is 0 Å². The molecule has 1 atom stereocenters. The molecule has 32 heavy (non-hydrogen) atoms. The third kappa shape index (κ3) is 3.47. The Morgan fingerprint density at radius 3 is 2.38 bits per heavy atom. The molecule has 0 aliphatic carbocycles. The standard InChI is InChI=1S/C22H17F3N4O3/c1-30-15-8-5-12(9-16(15)31-2)19-18-17(11-3-6-13(7-4-11)22(23,24)25)14(10-26)20(27)32-21(18)29-28-19/h3-9,17H,27H2,1-2H3,(H,28,29)/t17-/m1/s1. The maximum Gasteiger partial charge on any atom is 0.416 e. The van der Waals surface area contributed by atoms with Crippen LogP contribution in [0.25, 0.3) is 11.3 Å². The molecule has 0 amide bonds. The number of halogens is 3. The Bertz CT molecular complexity index is 1240. The second-order valence-electron chi connectivity index (χ2n) is 6.93. The summed E-state index contributed by atoms with van der Waals surface area (Å²) in [5.41, 5.74) is 7.27. The van der Waals surface area contributed by atoms with Gasteiger partial charge in [-0.15, -0.1) is 5.10 Å². The Kier molecular flexibility index (Phi) is 5.18. The van der Waals surface area contributed by atoms with Crippen LogP contribution in [0.3, 0.4) is 0 Å². The number of H-pyrrole nitrogens is 1. The molecule has 0 saturated carbocycles. The lowest BCUT2D eigenvalue weighted by Gasteiger charge is -2.24. The number of hydrogen-bond acceptors (Lipinski definition) is 6. The van der Waals surface area contributed by atoms with E-state index in [9.17, 15) is 18.4 Å². The van der Waals surface area contributed by atoms with E-state index in [-0.39, 0.29) is 17.3 Å². The number of benzene rings is 2. The van der Waals surface area contributed by atoms with Crippen LogP contribution >= 0.6 is 0 Å². The number of aromatic nitrogens is 2. The first-order chi connectivity index (χ1) is 15.3. The van der Waals surface area contributed by atoms with Gasteiger partial charge in [-0.2, -0.15) is 18.4 Å². The van der Waals surface area contributed by atoms with E-state index in [2.05, 4.69) is 10.2 Å². The first-order valence-corrected chi connectivity index (χ1v) is 9.33. The molecular weight excluding hydrogens is 425 g/mol. The Balaban J connectivity index is 1.88. The Morgan fingerprint density at radius 1 is 1.09 bits per heavy atom. The van der Waals surface area contributed by atoms with Crippen LogP contribution in [0.4, 0.5) is 13.2 Å². The number of alkyl halides is 3. The van der Waals surface area contributed by atoms with Crippen LogP contribution in [0.1, 0.15) is 22.6 Å². The van der Waals surface area contributed by atoms with Gasteiger partial charge in [-0.1, -0.05) is 12.1 Å². The largest absolute Gasteiger partial charge is 0.493 e. The predicted molar refractivity (Wildman–Crippen MR) is 108 cm³/mol. The molecule has 0 saturated heterocycles. The normalized spacial score (nSPS) is 15.6. The average Bonchev–Trinajstić information content (AvgIpc) is 3.20. The van der Waals surface area contributed by atoms with Gasteiger partial charge in [-0.3, -0.25) is 5.10 Å². The number of nitriles is 1. The molecule has 3 aromatic rings. The van der Waals surface area contributed by atoms with Crippen LogP contribution in [0, 0.1) is 11.3 Å². The van der Waals surface area contributed by atoms with Crippen molar-refractivity contribution in [1.82, 2.24) is 10.2 Å². The van der Waals surface area contributed by atoms with Gasteiger partial charge in [0.25, 0.3) is 0 Å². The van der Waals surface area contributed by atoms with Crippen molar-refractivity contribution in [3.63, 3.8) is 0 Å². The van der Waals surface area contributed by atoms with Crippen molar-refractivity contribution in [1.29, 1.82) is 5.26 Å². The van der Waals surface area contributed by atoms with Gasteiger partial charge in [0.05, 0.1) is 37.0 Å². The molecule has 3 N–H and O–H groups in total. The summed E-state index contributed by atoms with van der Waals surface area (Å²) in [7, 11) is 3.01. The topological polar surface area (TPSA) is 106 Å². The average molecular weight is 442 g/mol. The second-order valence-corrected chi connectivity index (χ2v) is 6.93. The molecule has 164 valence electrons. The van der Waals surface area contributed by atoms with Crippen molar-refractivity contribution in [2.45, 2.75) is 12.1 Å². The molecule has 0 radical (unpaired) electrons. The van der Waals surface area contributed by atoms with E-state index in [4.69, 9.17) is 19.9 Å². The summed E-state index contributed by atoms with van der Waals surface area (Å²) >= 11 is 0. The zero-order chi connectivity index (χ0) is 23.0. The monoisotopic (exact) mass is 442 g/mol. The van der Waals surface area contributed by atoms with Gasteiger partial charge in [0.15, 0.2) is 11.5 Å². The fourth-order valence-corrected chi connectivity index (χ4v) is 3.65. The lowest BCUT2D eigenvalue weighted by molar-refractivity contribution is -0.137. The fourth-order valence-electron chi connectivity index (χ4n) is 3.65. The van der Waals surface area contributed by atoms with Crippen LogP contribution in [-0.4, -0.2) is 24.4 Å². The van der Waals surface area contributed by atoms with Crippen LogP contribution < -0.4 is 19.9 Å². The summed E-state index contributed by atoms with van der Waals surface area (Å²) < 4.78 is 55.3. The van der Waals surface area contributed by atoms with Crippen LogP contribution in [0.2, 0.25) is 0 Å². The minimum Gasteiger partial charge on any atom is -0.493 e. The predicted octanol–water partition coefficient (Wildman–Crippen LogP) is 4.33. The number of aromatic amines is 1. The van der Waals surface area contributed by atoms with Gasteiger partial charge < -0.3 is 19.9 Å². The highest BCUT2D eigenvalue weighted by Crippen LogP contribution is 2.46. The third-order valence-corrected chi connectivity index (χ3v) is 5.18. The van der Waals surface area contributed by atoms with Crippen molar-refractivity contribution in [2.24, 2.45) is 5.73 Å². The number of allylic oxidation sites excluding steroid dienone is 1. The van der Waals surface area contributed by atoms with E-state index in [1.54, 1.807) is 18.2 Å². The molecule has 2 heterocycles. The Hall–Kier alpha value is -4.13. The van der Waals surface area contributed by atoms with Crippen LogP contribution in [0.5, 0.6) is 17.4 Å². The van der Waals surface area contributed by atoms with Crippen molar-refractivity contribution in [3.05, 3.63) is 70.6 Å². The molecule has 2 aromatic carbocycles. The molecule has 0 fully saturated rings. The van der Waals surface area contributed by atoms with Crippen molar-refractivity contribution in [3.8, 4) is 34.7 Å². The molecule has 10 heteroatoms. The summed E-state index contributed by atoms with van der Waals surface area (Å²) in [4.78, 5) is 0. The summed E-state index contributed by atoms with van der Waals surface area (Å²) in [5, 5.41) is 16.8. The first-order valence-electron chi connectivity index (χ1n) is 9.33. The summed E-state index contributed by atoms with van der Waals surface area (Å²) in [6.45, 7) is 0. The SMILES string of the molecule is COc1ccc(-c2[nH]nc3c2[C@H](c2ccc(C(F)(F)F)cc2)C(C#N)=C(N)O3)cc1OC. The maximum atomic E-state index is 13.0. The number of nitrogens with two attached hydrogens (primary N) is 1. The molecule has 7 nitrogen and oxygen atoms in total. The van der Waals surface area contributed by atoms with E-state index in [1.807, 2.05) is 6.07 Å². The fraction of sp³-hybridized carbons (Fsp3) is 0.182. The molecule has 1 aliphatic heterocycles. The van der Waals surface area contributed by atoms with Gasteiger partial charge >= 0.3 is 6.18 Å². The highest BCUT2D eigenvalue weighted by Gasteiger charge is 2.37. The number of nitrogens with one attached hydrogen (secondary N) is 1. The molecule has 1 aromatic heterocycles. The van der Waals surface area contributed by atoms with Gasteiger partial charge in [0.2, 0.25) is 11.8 Å². The smallest absolute Gasteiger partial charge is 0.416 e. The summed E-state index contributed by atoms with van der Waals surface area (Å²) in [6, 6.07) is 11.8. The second kappa shape index (κ2) is 7.85. The number of fused-ring (bicyclic) bond motifs is 1. The number of nitrogens with zero attached hydrogens (tertiary/aromatic N) is 2. The van der Waals surface area contributed by atoms with Crippen molar-refractivity contribution in [2.75, 3.05) is 14.2 Å². The van der Waals surface area contributed by atoms with Crippen LogP contribution in [-0.2, 0) is 6.18 Å². The Labute approximate surface area is 180 Å². The molecule has 1 aliphatic rings. The highest BCUT2D eigenvalue weighted by atomic mass is 19.4. The van der Waals surface area contributed by atoms with E-state index in [0.29, 0.717) is 33.9 Å². The minimum absolute atomic E-state index is 0.0698. The molecule has 0 spiro atoms. The minimum atomic E-state index is -4.48. The van der Waals surface area contributed by atoms with E-state index in [0.717, 1.165) is 12.1 Å². The van der Waals surface area contributed by atoms with Crippen molar-refractivity contribution >= 4 is 0 Å². The molecule has 0 bridgehead atoms. The first kappa shape index (κ1) is 21.1. The number of ether oxygens (including phenoxy) is 3. The quantitative estimate of drug-likeness (QED) is 0.623. The number of hydrogen-bond donors (Lipinski definition) is 2. The highest BCUT2D eigenvalue weighted by molar-refractivity contribution is 5.73. The summed E-state index contributed by atoms with van der Waals surface area (Å²) in [5.74, 6) is 0.174. The van der Waals surface area contributed by atoms with Gasteiger partial charge in [-0.05, 0) is 35.9 Å².